The Labute approximate surface area is 85.5 Å². The fraction of sp³-hybridized carbons (Fsp3) is 0.667. The van der Waals surface area contributed by atoms with Gasteiger partial charge in [0.15, 0.2) is 0 Å². The summed E-state index contributed by atoms with van der Waals surface area (Å²) in [6.45, 7) is 0. The number of rotatable bonds is 1. The normalized spacial score (nSPS) is 38.2. The van der Waals surface area contributed by atoms with Crippen LogP contribution in [0.5, 0.6) is 0 Å². The summed E-state index contributed by atoms with van der Waals surface area (Å²) in [5, 5.41) is 4.36. The van der Waals surface area contributed by atoms with Gasteiger partial charge >= 0.3 is 0 Å². The minimum absolute atomic E-state index is 0.720. The lowest BCUT2D eigenvalue weighted by molar-refractivity contribution is 0.426. The van der Waals surface area contributed by atoms with Crippen LogP contribution in [-0.2, 0) is 0 Å². The van der Waals surface area contributed by atoms with Crippen LogP contribution in [0.2, 0.25) is 0 Å². The number of hydrogen-bond acceptors (Lipinski definition) is 1. The van der Waals surface area contributed by atoms with Crippen molar-refractivity contribution < 1.29 is 0 Å². The first kappa shape index (κ1) is 7.35. The van der Waals surface area contributed by atoms with Gasteiger partial charge < -0.3 is 0 Å². The van der Waals surface area contributed by atoms with Crippen molar-refractivity contribution in [2.45, 2.75) is 25.3 Å². The fourth-order valence-electron chi connectivity index (χ4n) is 2.41. The van der Waals surface area contributed by atoms with Gasteiger partial charge in [0.1, 0.15) is 0 Å². The number of fused-ring (bicyclic) bond motifs is 1. The molecule has 2 saturated carbocycles. The molecule has 3 atom stereocenters. The first-order valence-electron chi connectivity index (χ1n) is 4.52. The smallest absolute Gasteiger partial charge is 0.0623 e. The Kier molecular flexibility index (Phi) is 1.51. The van der Waals surface area contributed by atoms with Gasteiger partial charge in [-0.25, -0.2) is 0 Å². The molecule has 1 aromatic rings. The van der Waals surface area contributed by atoms with E-state index in [1.807, 2.05) is 6.20 Å². The van der Waals surface area contributed by atoms with Gasteiger partial charge in [-0.15, -0.1) is 0 Å². The predicted octanol–water partition coefficient (Wildman–Crippen LogP) is 2.46. The van der Waals surface area contributed by atoms with Crippen LogP contribution in [-0.4, -0.2) is 9.78 Å². The van der Waals surface area contributed by atoms with Gasteiger partial charge in [-0.05, 0) is 53.7 Å². The molecule has 0 aliphatic heterocycles. The summed E-state index contributed by atoms with van der Waals surface area (Å²) in [6, 6.07) is 0.720. The minimum atomic E-state index is 0.720. The third-order valence-corrected chi connectivity index (χ3v) is 3.72. The molecule has 0 saturated heterocycles. The van der Waals surface area contributed by atoms with E-state index < -0.39 is 0 Å². The maximum atomic E-state index is 4.36. The van der Waals surface area contributed by atoms with Gasteiger partial charge in [0.2, 0.25) is 0 Å². The minimum Gasteiger partial charge on any atom is -0.269 e. The largest absolute Gasteiger partial charge is 0.269 e. The first-order valence-corrected chi connectivity index (χ1v) is 5.60. The highest BCUT2D eigenvalue weighted by Gasteiger charge is 2.46. The summed E-state index contributed by atoms with van der Waals surface area (Å²) in [5.41, 5.74) is 0. The highest BCUT2D eigenvalue weighted by molar-refractivity contribution is 14.1. The second kappa shape index (κ2) is 2.47. The summed E-state index contributed by atoms with van der Waals surface area (Å²) in [6.07, 6.45) is 8.36. The molecule has 2 nitrogen and oxygen atoms in total. The lowest BCUT2D eigenvalue weighted by Crippen LogP contribution is -2.06. The van der Waals surface area contributed by atoms with Crippen molar-refractivity contribution in [2.75, 3.05) is 0 Å². The van der Waals surface area contributed by atoms with Crippen molar-refractivity contribution in [3.8, 4) is 0 Å². The number of hydrogen-bond donors (Lipinski definition) is 0. The average Bonchev–Trinajstić information content (AvgIpc) is 2.49. The van der Waals surface area contributed by atoms with Crippen LogP contribution in [0, 0.1) is 15.4 Å². The molecule has 0 aromatic carbocycles. The maximum absolute atomic E-state index is 4.36. The van der Waals surface area contributed by atoms with Crippen LogP contribution >= 0.6 is 22.6 Å². The SMILES string of the molecule is Ic1cnn(C2C[C@@H]3C[C@@H]3C2)c1. The zero-order chi connectivity index (χ0) is 8.13. The molecule has 12 heavy (non-hydrogen) atoms. The highest BCUT2D eigenvalue weighted by Crippen LogP contribution is 2.55. The fourth-order valence-corrected chi connectivity index (χ4v) is 2.82. The van der Waals surface area contributed by atoms with Gasteiger partial charge in [-0.1, -0.05) is 0 Å². The van der Waals surface area contributed by atoms with Gasteiger partial charge in [0.05, 0.1) is 15.8 Å². The van der Waals surface area contributed by atoms with Crippen LogP contribution in [0.25, 0.3) is 0 Å². The second-order valence-electron chi connectivity index (χ2n) is 4.02. The molecular weight excluding hydrogens is 263 g/mol. The van der Waals surface area contributed by atoms with Gasteiger partial charge in [0, 0.05) is 6.20 Å². The van der Waals surface area contributed by atoms with Crippen molar-refractivity contribution in [2.24, 2.45) is 11.8 Å². The summed E-state index contributed by atoms with van der Waals surface area (Å²) >= 11 is 2.32. The van der Waals surface area contributed by atoms with Crippen LogP contribution in [0.4, 0.5) is 0 Å². The van der Waals surface area contributed by atoms with E-state index in [9.17, 15) is 0 Å². The second-order valence-corrected chi connectivity index (χ2v) is 5.27. The van der Waals surface area contributed by atoms with Crippen molar-refractivity contribution in [3.05, 3.63) is 16.0 Å². The van der Waals surface area contributed by atoms with Crippen molar-refractivity contribution in [1.29, 1.82) is 0 Å². The van der Waals surface area contributed by atoms with Crippen molar-refractivity contribution >= 4 is 22.6 Å². The zero-order valence-corrected chi connectivity index (χ0v) is 8.94. The standard InChI is InChI=1S/C9H11IN2/c10-8-4-11-12(5-8)9-2-6-1-7(6)3-9/h4-7,9H,1-3H2/t6-,7+,9?. The molecule has 0 amide bonds. The van der Waals surface area contributed by atoms with Crippen LogP contribution < -0.4 is 0 Å². The Morgan fingerprint density at radius 1 is 1.33 bits per heavy atom. The van der Waals surface area contributed by atoms with E-state index in [4.69, 9.17) is 0 Å². The molecule has 0 bridgehead atoms. The van der Waals surface area contributed by atoms with Crippen LogP contribution in [0.3, 0.4) is 0 Å². The summed E-state index contributed by atoms with van der Waals surface area (Å²) in [5.74, 6) is 2.11. The molecule has 2 fully saturated rings. The lowest BCUT2D eigenvalue weighted by atomic mass is 10.2. The molecule has 3 rings (SSSR count). The van der Waals surface area contributed by atoms with E-state index in [1.54, 1.807) is 0 Å². The van der Waals surface area contributed by atoms with E-state index in [0.717, 1.165) is 17.9 Å². The highest BCUT2D eigenvalue weighted by atomic mass is 127. The molecule has 1 aromatic heterocycles. The Balaban J connectivity index is 1.81. The number of aromatic nitrogens is 2. The van der Waals surface area contributed by atoms with E-state index in [0.29, 0.717) is 0 Å². The van der Waals surface area contributed by atoms with Gasteiger partial charge in [0.25, 0.3) is 0 Å². The Morgan fingerprint density at radius 3 is 2.67 bits per heavy atom. The van der Waals surface area contributed by atoms with Crippen LogP contribution in [0.1, 0.15) is 25.3 Å². The van der Waals surface area contributed by atoms with Crippen molar-refractivity contribution in [3.63, 3.8) is 0 Å². The quantitative estimate of drug-likeness (QED) is 0.719. The van der Waals surface area contributed by atoms with E-state index in [1.165, 1.54) is 22.8 Å². The summed E-state index contributed by atoms with van der Waals surface area (Å²) in [4.78, 5) is 0. The lowest BCUT2D eigenvalue weighted by Gasteiger charge is -2.11. The number of halogens is 1. The molecule has 0 radical (unpaired) electrons. The molecule has 0 N–H and O–H groups in total. The topological polar surface area (TPSA) is 17.8 Å². The molecule has 3 heteroatoms. The average molecular weight is 274 g/mol. The molecule has 1 unspecified atom stereocenters. The Morgan fingerprint density at radius 2 is 2.08 bits per heavy atom. The molecule has 2 aliphatic carbocycles. The number of nitrogens with zero attached hydrogens (tertiary/aromatic N) is 2. The molecule has 1 heterocycles. The predicted molar refractivity (Wildman–Crippen MR) is 54.8 cm³/mol. The van der Waals surface area contributed by atoms with E-state index in [2.05, 4.69) is 38.6 Å². The third-order valence-electron chi connectivity index (χ3n) is 3.16. The maximum Gasteiger partial charge on any atom is 0.0623 e. The van der Waals surface area contributed by atoms with Gasteiger partial charge in [-0.3, -0.25) is 4.68 Å². The molecule has 2 aliphatic rings. The van der Waals surface area contributed by atoms with Gasteiger partial charge in [-0.2, -0.15) is 5.10 Å². The van der Waals surface area contributed by atoms with E-state index >= 15 is 0 Å². The zero-order valence-electron chi connectivity index (χ0n) is 6.78. The monoisotopic (exact) mass is 274 g/mol. The summed E-state index contributed by atoms with van der Waals surface area (Å²) < 4.78 is 3.42. The first-order chi connectivity index (χ1) is 5.83. The van der Waals surface area contributed by atoms with E-state index in [-0.39, 0.29) is 0 Å². The molecule has 64 valence electrons. The Bertz CT molecular complexity index is 297. The molecule has 0 spiro atoms. The summed E-state index contributed by atoms with van der Waals surface area (Å²) in [7, 11) is 0. The van der Waals surface area contributed by atoms with Crippen molar-refractivity contribution in [1.82, 2.24) is 9.78 Å². The molecular formula is C9H11IN2. The van der Waals surface area contributed by atoms with Crippen LogP contribution in [0.15, 0.2) is 12.4 Å². The third kappa shape index (κ3) is 1.09. The Hall–Kier alpha value is -0.0600.